The van der Waals surface area contributed by atoms with Crippen molar-refractivity contribution in [3.8, 4) is 0 Å². The van der Waals surface area contributed by atoms with Gasteiger partial charge in [-0.2, -0.15) is 0 Å². The Kier molecular flexibility index (Phi) is 8.47. The molecular formula is C25H30ClN3O4. The summed E-state index contributed by atoms with van der Waals surface area (Å²) >= 11 is 6.01. The van der Waals surface area contributed by atoms with Crippen molar-refractivity contribution in [2.45, 2.75) is 51.2 Å². The summed E-state index contributed by atoms with van der Waals surface area (Å²) < 4.78 is 0. The molecule has 1 aliphatic heterocycles. The standard InChI is InChI=1S/C25H30ClN3O4/c1-15(2)23(25(32)33)29-22(30)12-19(16-7-9-20(26)10-8-16)14-28-24(31)21-11-17-5-3-4-6-18(17)13-27-21/h3-10,15,19,21,23,27H,11-14H2,1-2H3,(H,28,31)(H,29,30)(H,32,33)/t19?,21-,23+/m0/s1. The molecular weight excluding hydrogens is 442 g/mol. The predicted octanol–water partition coefficient (Wildman–Crippen LogP) is 2.87. The van der Waals surface area contributed by atoms with Gasteiger partial charge in [-0.15, -0.1) is 0 Å². The highest BCUT2D eigenvalue weighted by atomic mass is 35.5. The van der Waals surface area contributed by atoms with Crippen LogP contribution in [0.1, 0.15) is 42.9 Å². The van der Waals surface area contributed by atoms with Crippen LogP contribution in [-0.4, -0.2) is 41.5 Å². The Hall–Kier alpha value is -2.90. The second kappa shape index (κ2) is 11.3. The second-order valence-corrected chi connectivity index (χ2v) is 9.17. The molecule has 2 aromatic rings. The predicted molar refractivity (Wildman–Crippen MR) is 127 cm³/mol. The number of carbonyl (C=O) groups excluding carboxylic acids is 2. The first-order valence-electron chi connectivity index (χ1n) is 11.1. The topological polar surface area (TPSA) is 108 Å². The number of carboxylic acids is 1. The van der Waals surface area contributed by atoms with Crippen molar-refractivity contribution in [1.82, 2.24) is 16.0 Å². The maximum atomic E-state index is 12.9. The summed E-state index contributed by atoms with van der Waals surface area (Å²) in [5, 5.41) is 18.8. The molecule has 0 bridgehead atoms. The number of carboxylic acid groups (broad SMARTS) is 1. The van der Waals surface area contributed by atoms with Gasteiger partial charge in [0.2, 0.25) is 11.8 Å². The van der Waals surface area contributed by atoms with Crippen molar-refractivity contribution in [2.75, 3.05) is 6.54 Å². The van der Waals surface area contributed by atoms with Crippen molar-refractivity contribution in [3.05, 3.63) is 70.2 Å². The summed E-state index contributed by atoms with van der Waals surface area (Å²) in [7, 11) is 0. The molecule has 0 saturated carbocycles. The third-order valence-corrected chi connectivity index (χ3v) is 6.19. The summed E-state index contributed by atoms with van der Waals surface area (Å²) in [6, 6.07) is 13.8. The molecule has 0 radical (unpaired) electrons. The van der Waals surface area contributed by atoms with Gasteiger partial charge in [0.15, 0.2) is 0 Å². The minimum atomic E-state index is -1.07. The second-order valence-electron chi connectivity index (χ2n) is 8.73. The SMILES string of the molecule is CC(C)[C@@H](NC(=O)CC(CNC(=O)[C@@H]1Cc2ccccc2CN1)c1ccc(Cl)cc1)C(=O)O. The Morgan fingerprint density at radius 2 is 1.76 bits per heavy atom. The molecule has 33 heavy (non-hydrogen) atoms. The van der Waals surface area contributed by atoms with E-state index in [9.17, 15) is 19.5 Å². The van der Waals surface area contributed by atoms with Crippen LogP contribution in [0.25, 0.3) is 0 Å². The Morgan fingerprint density at radius 1 is 1.09 bits per heavy atom. The largest absolute Gasteiger partial charge is 0.480 e. The van der Waals surface area contributed by atoms with E-state index in [0.29, 0.717) is 18.0 Å². The van der Waals surface area contributed by atoms with Gasteiger partial charge in [-0.25, -0.2) is 4.79 Å². The molecule has 3 atom stereocenters. The number of benzene rings is 2. The fraction of sp³-hybridized carbons (Fsp3) is 0.400. The number of nitrogens with one attached hydrogen (secondary N) is 3. The molecule has 0 saturated heterocycles. The highest BCUT2D eigenvalue weighted by Gasteiger charge is 2.27. The highest BCUT2D eigenvalue weighted by molar-refractivity contribution is 6.30. The van der Waals surface area contributed by atoms with Crippen LogP contribution in [0.2, 0.25) is 5.02 Å². The number of aliphatic carboxylic acids is 1. The monoisotopic (exact) mass is 471 g/mol. The Labute approximate surface area is 198 Å². The molecule has 4 N–H and O–H groups in total. The van der Waals surface area contributed by atoms with E-state index in [1.807, 2.05) is 36.4 Å². The first-order valence-corrected chi connectivity index (χ1v) is 11.5. The first kappa shape index (κ1) is 24.7. The smallest absolute Gasteiger partial charge is 0.326 e. The summed E-state index contributed by atoms with van der Waals surface area (Å²) in [5.74, 6) is -2.16. The molecule has 176 valence electrons. The van der Waals surface area contributed by atoms with Crippen LogP contribution >= 0.6 is 11.6 Å². The van der Waals surface area contributed by atoms with E-state index in [1.54, 1.807) is 26.0 Å². The van der Waals surface area contributed by atoms with Crippen LogP contribution in [0.3, 0.4) is 0 Å². The lowest BCUT2D eigenvalue weighted by Crippen LogP contribution is -2.49. The van der Waals surface area contributed by atoms with Gasteiger partial charge in [0.25, 0.3) is 0 Å². The summed E-state index contributed by atoms with van der Waals surface area (Å²) in [5.41, 5.74) is 3.18. The van der Waals surface area contributed by atoms with Gasteiger partial charge in [0.1, 0.15) is 6.04 Å². The van der Waals surface area contributed by atoms with Crippen LogP contribution in [0.5, 0.6) is 0 Å². The van der Waals surface area contributed by atoms with Gasteiger partial charge in [0.05, 0.1) is 6.04 Å². The zero-order chi connectivity index (χ0) is 24.0. The van der Waals surface area contributed by atoms with Gasteiger partial charge in [-0.1, -0.05) is 61.8 Å². The molecule has 1 aliphatic rings. The van der Waals surface area contributed by atoms with Crippen molar-refractivity contribution >= 4 is 29.4 Å². The van der Waals surface area contributed by atoms with E-state index in [1.165, 1.54) is 5.56 Å². The van der Waals surface area contributed by atoms with Gasteiger partial charge >= 0.3 is 5.97 Å². The molecule has 7 nitrogen and oxygen atoms in total. The van der Waals surface area contributed by atoms with Crippen LogP contribution in [0.15, 0.2) is 48.5 Å². The van der Waals surface area contributed by atoms with E-state index in [0.717, 1.165) is 11.1 Å². The van der Waals surface area contributed by atoms with Crippen LogP contribution in [-0.2, 0) is 27.3 Å². The Morgan fingerprint density at radius 3 is 2.39 bits per heavy atom. The lowest BCUT2D eigenvalue weighted by molar-refractivity contribution is -0.143. The van der Waals surface area contributed by atoms with Crippen LogP contribution < -0.4 is 16.0 Å². The fourth-order valence-corrected chi connectivity index (χ4v) is 4.13. The molecule has 0 aliphatic carbocycles. The number of hydrogen-bond donors (Lipinski definition) is 4. The van der Waals surface area contributed by atoms with Gasteiger partial charge in [0, 0.05) is 30.5 Å². The number of amides is 2. The quantitative estimate of drug-likeness (QED) is 0.450. The lowest BCUT2D eigenvalue weighted by atomic mass is 9.93. The molecule has 1 heterocycles. The van der Waals surface area contributed by atoms with E-state index >= 15 is 0 Å². The van der Waals surface area contributed by atoms with Crippen molar-refractivity contribution in [3.63, 3.8) is 0 Å². The fourth-order valence-electron chi connectivity index (χ4n) is 4.00. The molecule has 1 unspecified atom stereocenters. The van der Waals surface area contributed by atoms with E-state index < -0.39 is 12.0 Å². The maximum Gasteiger partial charge on any atom is 0.326 e. The van der Waals surface area contributed by atoms with Gasteiger partial charge < -0.3 is 21.1 Å². The third-order valence-electron chi connectivity index (χ3n) is 5.94. The highest BCUT2D eigenvalue weighted by Crippen LogP contribution is 2.22. The molecule has 2 amide bonds. The number of halogens is 1. The first-order chi connectivity index (χ1) is 15.7. The van der Waals surface area contributed by atoms with Gasteiger partial charge in [-0.05, 0) is 41.2 Å². The van der Waals surface area contributed by atoms with Gasteiger partial charge in [-0.3, -0.25) is 9.59 Å². The Balaban J connectivity index is 1.66. The lowest BCUT2D eigenvalue weighted by Gasteiger charge is -2.26. The zero-order valence-electron chi connectivity index (χ0n) is 18.8. The normalized spacial score (nSPS) is 17.0. The number of fused-ring (bicyclic) bond motifs is 1. The summed E-state index contributed by atoms with van der Waals surface area (Å²) in [6.07, 6.45) is 0.641. The van der Waals surface area contributed by atoms with Crippen LogP contribution in [0, 0.1) is 5.92 Å². The maximum absolute atomic E-state index is 12.9. The summed E-state index contributed by atoms with van der Waals surface area (Å²) in [4.78, 5) is 37.0. The van der Waals surface area contributed by atoms with Crippen molar-refractivity contribution in [1.29, 1.82) is 0 Å². The van der Waals surface area contributed by atoms with Crippen molar-refractivity contribution < 1.29 is 19.5 Å². The molecule has 0 aromatic heterocycles. The number of hydrogen-bond acceptors (Lipinski definition) is 4. The Bertz CT molecular complexity index is 993. The molecule has 0 fully saturated rings. The number of carbonyl (C=O) groups is 3. The molecule has 0 spiro atoms. The minimum Gasteiger partial charge on any atom is -0.480 e. The average Bonchev–Trinajstić information content (AvgIpc) is 2.79. The molecule has 8 heteroatoms. The minimum absolute atomic E-state index is 0.0410. The average molecular weight is 472 g/mol. The van der Waals surface area contributed by atoms with Crippen molar-refractivity contribution in [2.24, 2.45) is 5.92 Å². The summed E-state index contributed by atoms with van der Waals surface area (Å²) in [6.45, 7) is 4.35. The third kappa shape index (κ3) is 6.79. The number of rotatable bonds is 9. The zero-order valence-corrected chi connectivity index (χ0v) is 19.6. The van der Waals surface area contributed by atoms with E-state index in [2.05, 4.69) is 16.0 Å². The van der Waals surface area contributed by atoms with E-state index in [-0.39, 0.29) is 42.7 Å². The van der Waals surface area contributed by atoms with Crippen LogP contribution in [0.4, 0.5) is 0 Å². The molecule has 2 aromatic carbocycles. The molecule has 3 rings (SSSR count). The van der Waals surface area contributed by atoms with E-state index in [4.69, 9.17) is 11.6 Å².